The Morgan fingerprint density at radius 2 is 2.04 bits per heavy atom. The Labute approximate surface area is 158 Å². The Kier molecular flexibility index (Phi) is 4.88. The molecular formula is C19H26N4O4. The van der Waals surface area contributed by atoms with Crippen LogP contribution in [0.1, 0.15) is 53.6 Å². The normalized spacial score (nSPS) is 22.6. The van der Waals surface area contributed by atoms with Gasteiger partial charge in [0.1, 0.15) is 5.69 Å². The molecule has 27 heavy (non-hydrogen) atoms. The second-order valence-corrected chi connectivity index (χ2v) is 7.67. The van der Waals surface area contributed by atoms with Crippen LogP contribution in [0.5, 0.6) is 0 Å². The van der Waals surface area contributed by atoms with Gasteiger partial charge in [-0.2, -0.15) is 5.10 Å². The first-order chi connectivity index (χ1) is 13.1. The highest BCUT2D eigenvalue weighted by Crippen LogP contribution is 2.31. The lowest BCUT2D eigenvalue weighted by molar-refractivity contribution is -0.149. The minimum atomic E-state index is -0.282. The van der Waals surface area contributed by atoms with E-state index in [1.165, 1.54) is 12.8 Å². The number of hydrogen-bond acceptors (Lipinski definition) is 5. The van der Waals surface area contributed by atoms with Crippen LogP contribution in [0.25, 0.3) is 0 Å². The molecule has 2 fully saturated rings. The highest BCUT2D eigenvalue weighted by atomic mass is 16.5. The van der Waals surface area contributed by atoms with E-state index >= 15 is 0 Å². The van der Waals surface area contributed by atoms with Gasteiger partial charge in [0.2, 0.25) is 0 Å². The van der Waals surface area contributed by atoms with Gasteiger partial charge in [-0.05, 0) is 38.5 Å². The number of esters is 1. The standard InChI is InChI=1S/C19H26N4O4/c1-2-27-19(26)14-4-3-7-21(12-14)17(24)15-10-16-18(25)22(11-13-5-6-13)8-9-23(16)20-15/h10,13-14H,2-9,11-12H2,1H3. The van der Waals surface area contributed by atoms with Crippen molar-refractivity contribution < 1.29 is 19.1 Å². The Balaban J connectivity index is 1.45. The van der Waals surface area contributed by atoms with Crippen LogP contribution in [-0.4, -0.2) is 70.1 Å². The lowest BCUT2D eigenvalue weighted by Gasteiger charge is -2.31. The van der Waals surface area contributed by atoms with Gasteiger partial charge in [-0.25, -0.2) is 0 Å². The number of ether oxygens (including phenoxy) is 1. The Morgan fingerprint density at radius 3 is 2.78 bits per heavy atom. The number of nitrogens with zero attached hydrogens (tertiary/aromatic N) is 4. The van der Waals surface area contributed by atoms with Crippen LogP contribution in [0.3, 0.4) is 0 Å². The Bertz CT molecular complexity index is 755. The summed E-state index contributed by atoms with van der Waals surface area (Å²) in [6.45, 7) is 5.14. The van der Waals surface area contributed by atoms with Crippen molar-refractivity contribution in [3.05, 3.63) is 17.5 Å². The van der Waals surface area contributed by atoms with E-state index in [0.29, 0.717) is 44.4 Å². The van der Waals surface area contributed by atoms with E-state index in [4.69, 9.17) is 4.74 Å². The van der Waals surface area contributed by atoms with E-state index in [-0.39, 0.29) is 29.4 Å². The largest absolute Gasteiger partial charge is 0.466 e. The predicted octanol–water partition coefficient (Wildman–Crippen LogP) is 1.16. The van der Waals surface area contributed by atoms with Gasteiger partial charge in [-0.3, -0.25) is 19.1 Å². The van der Waals surface area contributed by atoms with Crippen molar-refractivity contribution in [3.8, 4) is 0 Å². The average molecular weight is 374 g/mol. The lowest BCUT2D eigenvalue weighted by atomic mass is 9.98. The minimum Gasteiger partial charge on any atom is -0.466 e. The van der Waals surface area contributed by atoms with Crippen molar-refractivity contribution in [2.24, 2.45) is 11.8 Å². The highest BCUT2D eigenvalue weighted by molar-refractivity contribution is 5.98. The fraction of sp³-hybridized carbons (Fsp3) is 0.684. The van der Waals surface area contributed by atoms with Crippen LogP contribution in [0.15, 0.2) is 6.07 Å². The molecule has 1 saturated heterocycles. The van der Waals surface area contributed by atoms with E-state index in [9.17, 15) is 14.4 Å². The number of piperidine rings is 1. The molecular weight excluding hydrogens is 348 g/mol. The summed E-state index contributed by atoms with van der Waals surface area (Å²) in [6.07, 6.45) is 3.89. The zero-order valence-electron chi connectivity index (χ0n) is 15.7. The summed E-state index contributed by atoms with van der Waals surface area (Å²) >= 11 is 0. The second-order valence-electron chi connectivity index (χ2n) is 7.67. The fourth-order valence-corrected chi connectivity index (χ4v) is 3.91. The van der Waals surface area contributed by atoms with Crippen molar-refractivity contribution in [1.82, 2.24) is 19.6 Å². The molecule has 0 spiro atoms. The van der Waals surface area contributed by atoms with Crippen molar-refractivity contribution in [2.75, 3.05) is 32.8 Å². The summed E-state index contributed by atoms with van der Waals surface area (Å²) < 4.78 is 6.74. The van der Waals surface area contributed by atoms with Crippen LogP contribution in [0.2, 0.25) is 0 Å². The van der Waals surface area contributed by atoms with Gasteiger partial charge >= 0.3 is 5.97 Å². The summed E-state index contributed by atoms with van der Waals surface area (Å²) in [6, 6.07) is 1.61. The molecule has 1 aromatic rings. The third kappa shape index (κ3) is 3.70. The molecule has 1 aliphatic carbocycles. The maximum Gasteiger partial charge on any atom is 0.310 e. The van der Waals surface area contributed by atoms with E-state index in [0.717, 1.165) is 19.4 Å². The summed E-state index contributed by atoms with van der Waals surface area (Å²) in [7, 11) is 0. The van der Waals surface area contributed by atoms with Gasteiger partial charge < -0.3 is 14.5 Å². The summed E-state index contributed by atoms with van der Waals surface area (Å²) in [5, 5.41) is 4.37. The molecule has 146 valence electrons. The molecule has 2 amide bonds. The number of carbonyl (C=O) groups is 3. The third-order valence-electron chi connectivity index (χ3n) is 5.59. The first kappa shape index (κ1) is 18.0. The first-order valence-electron chi connectivity index (χ1n) is 9.90. The first-order valence-corrected chi connectivity index (χ1v) is 9.90. The number of hydrogen-bond donors (Lipinski definition) is 0. The van der Waals surface area contributed by atoms with Gasteiger partial charge in [0.25, 0.3) is 11.8 Å². The van der Waals surface area contributed by atoms with Crippen LogP contribution in [0, 0.1) is 11.8 Å². The molecule has 0 radical (unpaired) electrons. The van der Waals surface area contributed by atoms with Crippen molar-refractivity contribution in [1.29, 1.82) is 0 Å². The number of carbonyl (C=O) groups excluding carboxylic acids is 3. The minimum absolute atomic E-state index is 0.0391. The lowest BCUT2D eigenvalue weighted by Crippen LogP contribution is -2.43. The van der Waals surface area contributed by atoms with E-state index in [2.05, 4.69) is 5.10 Å². The second kappa shape index (κ2) is 7.32. The van der Waals surface area contributed by atoms with Gasteiger partial charge in [0, 0.05) is 32.2 Å². The molecule has 0 bridgehead atoms. The van der Waals surface area contributed by atoms with E-state index in [1.807, 2.05) is 4.90 Å². The molecule has 8 nitrogen and oxygen atoms in total. The topological polar surface area (TPSA) is 84.7 Å². The smallest absolute Gasteiger partial charge is 0.310 e. The highest BCUT2D eigenvalue weighted by Gasteiger charge is 2.34. The molecule has 8 heteroatoms. The van der Waals surface area contributed by atoms with Crippen LogP contribution < -0.4 is 0 Å². The number of likely N-dealkylation sites (tertiary alicyclic amines) is 1. The SMILES string of the molecule is CCOC(=O)C1CCCN(C(=O)c2cc3n(n2)CCN(CC2CC2)C3=O)C1. The van der Waals surface area contributed by atoms with E-state index in [1.54, 1.807) is 22.6 Å². The molecule has 3 aliphatic rings. The molecule has 3 heterocycles. The number of fused-ring (bicyclic) bond motifs is 1. The van der Waals surface area contributed by atoms with E-state index < -0.39 is 0 Å². The average Bonchev–Trinajstić information content (AvgIpc) is 3.39. The molecule has 1 aromatic heterocycles. The molecule has 2 aliphatic heterocycles. The van der Waals surface area contributed by atoms with Gasteiger partial charge in [0.05, 0.1) is 19.1 Å². The molecule has 1 atom stereocenters. The van der Waals surface area contributed by atoms with Gasteiger partial charge in [-0.1, -0.05) is 0 Å². The van der Waals surface area contributed by atoms with Crippen molar-refractivity contribution in [3.63, 3.8) is 0 Å². The molecule has 1 saturated carbocycles. The number of aromatic nitrogens is 2. The maximum absolute atomic E-state index is 12.9. The van der Waals surface area contributed by atoms with Crippen LogP contribution in [-0.2, 0) is 16.1 Å². The van der Waals surface area contributed by atoms with Crippen molar-refractivity contribution >= 4 is 17.8 Å². The van der Waals surface area contributed by atoms with Gasteiger partial charge in [0.15, 0.2) is 5.69 Å². The molecule has 0 aromatic carbocycles. The fourth-order valence-electron chi connectivity index (χ4n) is 3.91. The monoisotopic (exact) mass is 374 g/mol. The Morgan fingerprint density at radius 1 is 1.22 bits per heavy atom. The number of rotatable bonds is 5. The predicted molar refractivity (Wildman–Crippen MR) is 96.1 cm³/mol. The molecule has 4 rings (SSSR count). The maximum atomic E-state index is 12.9. The summed E-state index contributed by atoms with van der Waals surface area (Å²) in [5.74, 6) is -0.145. The molecule has 1 unspecified atom stereocenters. The number of amides is 2. The van der Waals surface area contributed by atoms with Crippen molar-refractivity contribution in [2.45, 2.75) is 39.2 Å². The molecule has 0 N–H and O–H groups in total. The third-order valence-corrected chi connectivity index (χ3v) is 5.59. The Hall–Kier alpha value is -2.38. The zero-order chi connectivity index (χ0) is 19.0. The van der Waals surface area contributed by atoms with Crippen LogP contribution >= 0.6 is 0 Å². The summed E-state index contributed by atoms with van der Waals surface area (Å²) in [5.41, 5.74) is 0.778. The van der Waals surface area contributed by atoms with Crippen LogP contribution in [0.4, 0.5) is 0 Å². The zero-order valence-corrected chi connectivity index (χ0v) is 15.7. The summed E-state index contributed by atoms with van der Waals surface area (Å²) in [4.78, 5) is 41.1. The quantitative estimate of drug-likeness (QED) is 0.722. The van der Waals surface area contributed by atoms with Gasteiger partial charge in [-0.15, -0.1) is 0 Å².